The molecule has 0 heterocycles. The number of nitrogens with two attached hydrogens (primary N) is 1. The lowest BCUT2D eigenvalue weighted by molar-refractivity contribution is -0.142. The van der Waals surface area contributed by atoms with Crippen LogP contribution in [0.3, 0.4) is 0 Å². The Balaban J connectivity index is 2.97. The Hall–Kier alpha value is -2.79. The predicted molar refractivity (Wildman–Crippen MR) is 145 cm³/mol. The number of carbonyl (C=O) groups is 4. The molecule has 0 bridgehead atoms. The highest BCUT2D eigenvalue weighted by molar-refractivity contribution is 7.98. The number of carboxylic acid groups (broad SMARTS) is 1. The first-order valence-corrected chi connectivity index (χ1v) is 13.9. The summed E-state index contributed by atoms with van der Waals surface area (Å²) in [6, 6.07) is 2.47. The van der Waals surface area contributed by atoms with Crippen molar-refractivity contribution in [2.75, 3.05) is 12.0 Å². The van der Waals surface area contributed by atoms with Crippen molar-refractivity contribution < 1.29 is 29.4 Å². The number of carbonyl (C=O) groups excluding carboxylic acids is 3. The highest BCUT2D eigenvalue weighted by Crippen LogP contribution is 2.14. The van der Waals surface area contributed by atoms with E-state index in [9.17, 15) is 29.4 Å². The Morgan fingerprint density at radius 1 is 0.946 bits per heavy atom. The van der Waals surface area contributed by atoms with Gasteiger partial charge in [0.25, 0.3) is 0 Å². The summed E-state index contributed by atoms with van der Waals surface area (Å²) in [5.74, 6) is -2.29. The van der Waals surface area contributed by atoms with Gasteiger partial charge in [-0.25, -0.2) is 4.79 Å². The monoisotopic (exact) mass is 538 g/mol. The molecule has 0 spiro atoms. The van der Waals surface area contributed by atoms with Crippen LogP contribution in [-0.2, 0) is 25.6 Å². The Morgan fingerprint density at radius 3 is 2.05 bits per heavy atom. The van der Waals surface area contributed by atoms with Crippen LogP contribution in [0.5, 0.6) is 5.75 Å². The standard InChI is InChI=1S/C26H42N4O6S/c1-6-16(4)22(30-23(32)19(27)14-17-7-9-18(31)10-8-17)25(34)29-21(13-15(2)3)24(33)28-20(26(35)36)11-12-37-5/h7-10,15-16,19-22,31H,6,11-14,27H2,1-5H3,(H,28,33)(H,29,34)(H,30,32)(H,35,36). The van der Waals surface area contributed by atoms with Crippen LogP contribution in [0.2, 0.25) is 0 Å². The molecule has 0 aromatic heterocycles. The molecule has 1 rings (SSSR count). The average Bonchev–Trinajstić information content (AvgIpc) is 2.84. The van der Waals surface area contributed by atoms with Crippen LogP contribution < -0.4 is 21.7 Å². The third-order valence-corrected chi connectivity index (χ3v) is 6.73. The zero-order chi connectivity index (χ0) is 28.1. The summed E-state index contributed by atoms with van der Waals surface area (Å²) in [5, 5.41) is 26.9. The molecule has 37 heavy (non-hydrogen) atoms. The Morgan fingerprint density at radius 2 is 1.54 bits per heavy atom. The van der Waals surface area contributed by atoms with Gasteiger partial charge in [-0.3, -0.25) is 14.4 Å². The minimum atomic E-state index is -1.13. The van der Waals surface area contributed by atoms with Gasteiger partial charge in [-0.2, -0.15) is 11.8 Å². The molecule has 0 fully saturated rings. The van der Waals surface area contributed by atoms with Gasteiger partial charge in [0.05, 0.1) is 6.04 Å². The molecular formula is C26H42N4O6S. The van der Waals surface area contributed by atoms with Crippen molar-refractivity contribution in [3.63, 3.8) is 0 Å². The van der Waals surface area contributed by atoms with Crippen molar-refractivity contribution in [3.8, 4) is 5.75 Å². The molecule has 1 aromatic rings. The van der Waals surface area contributed by atoms with Crippen molar-refractivity contribution in [2.24, 2.45) is 17.6 Å². The van der Waals surface area contributed by atoms with Gasteiger partial charge in [-0.15, -0.1) is 0 Å². The van der Waals surface area contributed by atoms with Gasteiger partial charge in [0.2, 0.25) is 17.7 Å². The number of amides is 3. The first-order valence-electron chi connectivity index (χ1n) is 12.6. The van der Waals surface area contributed by atoms with Crippen LogP contribution in [0.1, 0.15) is 52.5 Å². The van der Waals surface area contributed by atoms with Crippen LogP contribution in [0, 0.1) is 11.8 Å². The number of hydrogen-bond donors (Lipinski definition) is 6. The normalized spacial score (nSPS) is 15.2. The van der Waals surface area contributed by atoms with Gasteiger partial charge in [-0.05, 0) is 60.8 Å². The molecule has 0 saturated heterocycles. The largest absolute Gasteiger partial charge is 0.508 e. The highest BCUT2D eigenvalue weighted by atomic mass is 32.2. The lowest BCUT2D eigenvalue weighted by atomic mass is 9.96. The lowest BCUT2D eigenvalue weighted by Gasteiger charge is -2.28. The Kier molecular flexibility index (Phi) is 14.1. The van der Waals surface area contributed by atoms with E-state index in [1.807, 2.05) is 34.0 Å². The maximum absolute atomic E-state index is 13.3. The third kappa shape index (κ3) is 11.4. The SMILES string of the molecule is CCC(C)C(NC(=O)C(N)Cc1ccc(O)cc1)C(=O)NC(CC(C)C)C(=O)NC(CCSC)C(=O)O. The Bertz CT molecular complexity index is 896. The second-order valence-electron chi connectivity index (χ2n) is 9.72. The maximum atomic E-state index is 13.3. The number of rotatable bonds is 16. The van der Waals surface area contributed by atoms with Gasteiger partial charge in [0.15, 0.2) is 0 Å². The smallest absolute Gasteiger partial charge is 0.326 e. The summed E-state index contributed by atoms with van der Waals surface area (Å²) in [4.78, 5) is 50.7. The van der Waals surface area contributed by atoms with Crippen molar-refractivity contribution >= 4 is 35.5 Å². The van der Waals surface area contributed by atoms with E-state index in [0.29, 0.717) is 18.6 Å². The maximum Gasteiger partial charge on any atom is 0.326 e. The molecule has 11 heteroatoms. The van der Waals surface area contributed by atoms with Crippen LogP contribution in [0.25, 0.3) is 0 Å². The van der Waals surface area contributed by atoms with Crippen LogP contribution in [0.4, 0.5) is 0 Å². The third-order valence-electron chi connectivity index (χ3n) is 6.09. The summed E-state index contributed by atoms with van der Waals surface area (Å²) in [7, 11) is 0. The molecular weight excluding hydrogens is 496 g/mol. The van der Waals surface area contributed by atoms with E-state index in [4.69, 9.17) is 5.73 Å². The quantitative estimate of drug-likeness (QED) is 0.184. The van der Waals surface area contributed by atoms with Crippen molar-refractivity contribution in [2.45, 2.75) is 77.5 Å². The second-order valence-corrected chi connectivity index (χ2v) is 10.7. The summed E-state index contributed by atoms with van der Waals surface area (Å²) < 4.78 is 0. The van der Waals surface area contributed by atoms with Gasteiger partial charge in [0.1, 0.15) is 23.9 Å². The zero-order valence-corrected chi connectivity index (χ0v) is 23.1. The fourth-order valence-corrected chi connectivity index (χ4v) is 4.14. The van der Waals surface area contributed by atoms with Gasteiger partial charge >= 0.3 is 5.97 Å². The molecule has 5 unspecified atom stereocenters. The summed E-state index contributed by atoms with van der Waals surface area (Å²) in [5.41, 5.74) is 6.85. The molecule has 0 radical (unpaired) electrons. The molecule has 10 nitrogen and oxygen atoms in total. The van der Waals surface area contributed by atoms with E-state index in [0.717, 1.165) is 5.56 Å². The molecule has 208 valence electrons. The minimum Gasteiger partial charge on any atom is -0.508 e. The van der Waals surface area contributed by atoms with E-state index >= 15 is 0 Å². The fourth-order valence-electron chi connectivity index (χ4n) is 3.67. The zero-order valence-electron chi connectivity index (χ0n) is 22.3. The first kappa shape index (κ1) is 32.2. The number of carboxylic acids is 1. The van der Waals surface area contributed by atoms with Crippen molar-refractivity contribution in [1.29, 1.82) is 0 Å². The highest BCUT2D eigenvalue weighted by Gasteiger charge is 2.32. The molecule has 0 aliphatic rings. The first-order chi connectivity index (χ1) is 17.4. The van der Waals surface area contributed by atoms with E-state index in [-0.39, 0.29) is 30.4 Å². The number of hydrogen-bond acceptors (Lipinski definition) is 7. The van der Waals surface area contributed by atoms with Gasteiger partial charge in [-0.1, -0.05) is 46.2 Å². The molecule has 0 aliphatic carbocycles. The molecule has 3 amide bonds. The number of aliphatic carboxylic acids is 1. The summed E-state index contributed by atoms with van der Waals surface area (Å²) in [6.07, 6.45) is 3.21. The van der Waals surface area contributed by atoms with Crippen molar-refractivity contribution in [1.82, 2.24) is 16.0 Å². The number of nitrogens with one attached hydrogen (secondary N) is 3. The minimum absolute atomic E-state index is 0.0425. The number of phenols is 1. The molecule has 7 N–H and O–H groups in total. The Labute approximate surface area is 223 Å². The van der Waals surface area contributed by atoms with Gasteiger partial charge in [0, 0.05) is 0 Å². The molecule has 1 aromatic carbocycles. The number of aromatic hydroxyl groups is 1. The number of benzene rings is 1. The van der Waals surface area contributed by atoms with E-state index in [1.54, 1.807) is 12.1 Å². The predicted octanol–water partition coefficient (Wildman–Crippen LogP) is 1.65. The van der Waals surface area contributed by atoms with Crippen LogP contribution in [-0.4, -0.2) is 70.1 Å². The topological polar surface area (TPSA) is 171 Å². The number of thioether (sulfide) groups is 1. The van der Waals surface area contributed by atoms with E-state index in [2.05, 4.69) is 16.0 Å². The van der Waals surface area contributed by atoms with E-state index in [1.165, 1.54) is 23.9 Å². The average molecular weight is 539 g/mol. The summed E-state index contributed by atoms with van der Waals surface area (Å²) >= 11 is 1.48. The van der Waals surface area contributed by atoms with Gasteiger partial charge < -0.3 is 31.9 Å². The summed E-state index contributed by atoms with van der Waals surface area (Å²) in [6.45, 7) is 7.49. The molecule has 0 saturated carbocycles. The number of phenolic OH excluding ortho intramolecular Hbond substituents is 1. The second kappa shape index (κ2) is 16.1. The van der Waals surface area contributed by atoms with E-state index < -0.39 is 47.9 Å². The van der Waals surface area contributed by atoms with Crippen LogP contribution in [0.15, 0.2) is 24.3 Å². The molecule has 0 aliphatic heterocycles. The van der Waals surface area contributed by atoms with Crippen LogP contribution >= 0.6 is 11.8 Å². The lowest BCUT2D eigenvalue weighted by Crippen LogP contribution is -2.59. The fraction of sp³-hybridized carbons (Fsp3) is 0.615. The van der Waals surface area contributed by atoms with Crippen molar-refractivity contribution in [3.05, 3.63) is 29.8 Å². The molecule has 5 atom stereocenters.